The summed E-state index contributed by atoms with van der Waals surface area (Å²) < 4.78 is 4.84. The van der Waals surface area contributed by atoms with Crippen molar-refractivity contribution < 1.29 is 19.2 Å². The highest BCUT2D eigenvalue weighted by Crippen LogP contribution is 2.23. The topological polar surface area (TPSA) is 123 Å². The molecule has 0 spiro atoms. The number of carbonyl (C=O) groups is 2. The average Bonchev–Trinajstić information content (AvgIpc) is 2.59. The van der Waals surface area contributed by atoms with Gasteiger partial charge in [-0.15, -0.1) is 0 Å². The molecule has 2 aromatic rings. The number of nitro benzene ring substituents is 1. The van der Waals surface area contributed by atoms with Crippen LogP contribution in [0.5, 0.6) is 0 Å². The number of urea groups is 1. The molecule has 0 fully saturated rings. The Bertz CT molecular complexity index is 882. The van der Waals surface area contributed by atoms with Crippen molar-refractivity contribution in [1.82, 2.24) is 0 Å². The van der Waals surface area contributed by atoms with Gasteiger partial charge in [-0.3, -0.25) is 15.4 Å². The molecule has 3 N–H and O–H groups in total. The van der Waals surface area contributed by atoms with E-state index < -0.39 is 17.0 Å². The van der Waals surface area contributed by atoms with E-state index in [1.165, 1.54) is 12.1 Å². The predicted molar refractivity (Wildman–Crippen MR) is 102 cm³/mol. The molecule has 0 saturated carbocycles. The number of amides is 3. The highest BCUT2D eigenvalue weighted by molar-refractivity contribution is 6.01. The zero-order valence-corrected chi connectivity index (χ0v) is 15.2. The first-order chi connectivity index (χ1) is 12.8. The third-order valence-electron chi connectivity index (χ3n) is 3.69. The lowest BCUT2D eigenvalue weighted by Gasteiger charge is -2.13. The normalized spacial score (nSPS) is 10.0. The van der Waals surface area contributed by atoms with E-state index in [1.807, 2.05) is 0 Å². The molecule has 0 radical (unpaired) electrons. The molecule has 0 aliphatic carbocycles. The van der Waals surface area contributed by atoms with Crippen LogP contribution in [0.2, 0.25) is 0 Å². The van der Waals surface area contributed by atoms with Gasteiger partial charge in [0.2, 0.25) is 0 Å². The molecule has 27 heavy (non-hydrogen) atoms. The van der Waals surface area contributed by atoms with Gasteiger partial charge in [-0.25, -0.2) is 9.59 Å². The lowest BCUT2D eigenvalue weighted by molar-refractivity contribution is -0.384. The first-order valence-electron chi connectivity index (χ1n) is 8.17. The van der Waals surface area contributed by atoms with Crippen molar-refractivity contribution in [2.24, 2.45) is 0 Å². The minimum Gasteiger partial charge on any atom is -0.450 e. The molecule has 0 aliphatic rings. The zero-order valence-electron chi connectivity index (χ0n) is 15.2. The Morgan fingerprint density at radius 2 is 1.63 bits per heavy atom. The fraction of sp³-hybridized carbons (Fsp3) is 0.222. The van der Waals surface area contributed by atoms with Gasteiger partial charge >= 0.3 is 12.1 Å². The highest BCUT2D eigenvalue weighted by Gasteiger charge is 2.12. The Hall–Kier alpha value is -3.62. The van der Waals surface area contributed by atoms with Crippen molar-refractivity contribution in [2.45, 2.75) is 20.8 Å². The van der Waals surface area contributed by atoms with Crippen LogP contribution in [0.25, 0.3) is 0 Å². The third kappa shape index (κ3) is 5.43. The number of benzene rings is 2. The molecule has 0 aromatic heterocycles. The second kappa shape index (κ2) is 8.65. The number of hydrogen-bond donors (Lipinski definition) is 3. The maximum atomic E-state index is 12.2. The number of aryl methyl sites for hydroxylation is 2. The quantitative estimate of drug-likeness (QED) is 0.529. The van der Waals surface area contributed by atoms with E-state index in [1.54, 1.807) is 45.0 Å². The number of rotatable bonds is 5. The molecule has 2 aromatic carbocycles. The van der Waals surface area contributed by atoms with Crippen LogP contribution in [0, 0.1) is 24.0 Å². The number of carbonyl (C=O) groups excluding carboxylic acids is 2. The summed E-state index contributed by atoms with van der Waals surface area (Å²) in [6.45, 7) is 5.48. The summed E-state index contributed by atoms with van der Waals surface area (Å²) in [6, 6.07) is 8.64. The van der Waals surface area contributed by atoms with Crippen molar-refractivity contribution in [3.63, 3.8) is 0 Å². The fourth-order valence-electron chi connectivity index (χ4n) is 2.25. The van der Waals surface area contributed by atoms with Crippen LogP contribution in [0.3, 0.4) is 0 Å². The summed E-state index contributed by atoms with van der Waals surface area (Å²) in [5, 5.41) is 18.7. The standard InChI is InChI=1S/C18H20N4O5/c1-4-27-18(24)21-15-9-13(7-5-11(15)2)19-17(23)20-16-10-14(22(25)26)8-6-12(16)3/h5-10H,4H2,1-3H3,(H,21,24)(H2,19,20,23). The van der Waals surface area contributed by atoms with Gasteiger partial charge in [-0.1, -0.05) is 12.1 Å². The molecule has 9 nitrogen and oxygen atoms in total. The lowest BCUT2D eigenvalue weighted by Crippen LogP contribution is -2.20. The van der Waals surface area contributed by atoms with Gasteiger partial charge in [0, 0.05) is 23.5 Å². The third-order valence-corrected chi connectivity index (χ3v) is 3.69. The average molecular weight is 372 g/mol. The molecule has 0 bridgehead atoms. The van der Waals surface area contributed by atoms with E-state index in [-0.39, 0.29) is 12.3 Å². The Morgan fingerprint density at radius 3 is 2.26 bits per heavy atom. The van der Waals surface area contributed by atoms with Gasteiger partial charge < -0.3 is 15.4 Å². The summed E-state index contributed by atoms with van der Waals surface area (Å²) in [5.74, 6) is 0. The summed E-state index contributed by atoms with van der Waals surface area (Å²) in [4.78, 5) is 34.2. The van der Waals surface area contributed by atoms with Crippen LogP contribution in [0.4, 0.5) is 32.3 Å². The van der Waals surface area contributed by atoms with Crippen molar-refractivity contribution in [1.29, 1.82) is 0 Å². The summed E-state index contributed by atoms with van der Waals surface area (Å²) in [7, 11) is 0. The predicted octanol–water partition coefficient (Wildman–Crippen LogP) is 4.42. The van der Waals surface area contributed by atoms with Gasteiger partial charge in [0.05, 0.1) is 17.2 Å². The smallest absolute Gasteiger partial charge is 0.411 e. The second-order valence-corrected chi connectivity index (χ2v) is 5.71. The molecular formula is C18H20N4O5. The number of anilines is 3. The molecule has 0 unspecified atom stereocenters. The number of ether oxygens (including phenoxy) is 1. The van der Waals surface area contributed by atoms with E-state index in [9.17, 15) is 19.7 Å². The number of nitrogens with zero attached hydrogens (tertiary/aromatic N) is 1. The van der Waals surface area contributed by atoms with Gasteiger partial charge in [-0.05, 0) is 44.0 Å². The van der Waals surface area contributed by atoms with Crippen LogP contribution in [-0.2, 0) is 4.74 Å². The van der Waals surface area contributed by atoms with Gasteiger partial charge in [-0.2, -0.15) is 0 Å². The van der Waals surface area contributed by atoms with Gasteiger partial charge in [0.15, 0.2) is 0 Å². The van der Waals surface area contributed by atoms with Crippen LogP contribution < -0.4 is 16.0 Å². The molecule has 0 heterocycles. The van der Waals surface area contributed by atoms with Crippen molar-refractivity contribution in [2.75, 3.05) is 22.6 Å². The maximum absolute atomic E-state index is 12.2. The minimum absolute atomic E-state index is 0.118. The molecule has 2 rings (SSSR count). The van der Waals surface area contributed by atoms with E-state index in [0.717, 1.165) is 5.56 Å². The monoisotopic (exact) mass is 372 g/mol. The Labute approximate surface area is 155 Å². The molecule has 0 saturated heterocycles. The van der Waals surface area contributed by atoms with Crippen LogP contribution in [0.15, 0.2) is 36.4 Å². The first-order valence-corrected chi connectivity index (χ1v) is 8.17. The Balaban J connectivity index is 2.11. The van der Waals surface area contributed by atoms with Crippen LogP contribution in [0.1, 0.15) is 18.1 Å². The minimum atomic E-state index is -0.588. The SMILES string of the molecule is CCOC(=O)Nc1cc(NC(=O)Nc2cc([N+](=O)[O-])ccc2C)ccc1C. The highest BCUT2D eigenvalue weighted by atomic mass is 16.6. The van der Waals surface area contributed by atoms with Crippen LogP contribution in [-0.4, -0.2) is 23.7 Å². The number of nitro groups is 1. The molecule has 9 heteroatoms. The summed E-state index contributed by atoms with van der Waals surface area (Å²) >= 11 is 0. The Kier molecular flexibility index (Phi) is 6.32. The van der Waals surface area contributed by atoms with Gasteiger partial charge in [0.25, 0.3) is 5.69 Å². The Morgan fingerprint density at radius 1 is 1.00 bits per heavy atom. The number of nitrogens with one attached hydrogen (secondary N) is 3. The molecule has 0 atom stereocenters. The first kappa shape index (κ1) is 19.7. The van der Waals surface area contributed by atoms with Crippen molar-refractivity contribution in [3.05, 3.63) is 57.6 Å². The fourth-order valence-corrected chi connectivity index (χ4v) is 2.25. The number of hydrogen-bond acceptors (Lipinski definition) is 5. The van der Waals surface area contributed by atoms with E-state index in [4.69, 9.17) is 4.74 Å². The van der Waals surface area contributed by atoms with E-state index in [0.29, 0.717) is 22.6 Å². The second-order valence-electron chi connectivity index (χ2n) is 5.71. The molecule has 0 aliphatic heterocycles. The molecule has 3 amide bonds. The zero-order chi connectivity index (χ0) is 20.0. The van der Waals surface area contributed by atoms with Crippen LogP contribution >= 0.6 is 0 Å². The summed E-state index contributed by atoms with van der Waals surface area (Å²) in [5.41, 5.74) is 2.63. The van der Waals surface area contributed by atoms with E-state index >= 15 is 0 Å². The lowest BCUT2D eigenvalue weighted by atomic mass is 10.1. The van der Waals surface area contributed by atoms with Crippen molar-refractivity contribution >= 4 is 34.9 Å². The molecule has 142 valence electrons. The van der Waals surface area contributed by atoms with Gasteiger partial charge in [0.1, 0.15) is 0 Å². The number of non-ortho nitro benzene ring substituents is 1. The molecular weight excluding hydrogens is 352 g/mol. The largest absolute Gasteiger partial charge is 0.450 e. The van der Waals surface area contributed by atoms with E-state index in [2.05, 4.69) is 16.0 Å². The van der Waals surface area contributed by atoms with Crippen molar-refractivity contribution in [3.8, 4) is 0 Å². The summed E-state index contributed by atoms with van der Waals surface area (Å²) in [6.07, 6.45) is -0.588. The maximum Gasteiger partial charge on any atom is 0.411 e.